The lowest BCUT2D eigenvalue weighted by atomic mass is 9.84. The van der Waals surface area contributed by atoms with Gasteiger partial charge in [0.2, 0.25) is 0 Å². The minimum Gasteiger partial charge on any atom is -0.303 e. The highest BCUT2D eigenvalue weighted by Crippen LogP contribution is 2.35. The lowest BCUT2D eigenvalue weighted by Gasteiger charge is -2.21. The van der Waals surface area contributed by atoms with Crippen molar-refractivity contribution in [1.82, 2.24) is 0 Å². The van der Waals surface area contributed by atoms with Gasteiger partial charge in [-0.05, 0) is 39.8 Å². The van der Waals surface area contributed by atoms with Gasteiger partial charge in [0, 0.05) is 10.6 Å². The molecule has 0 radical (unpaired) electrons. The highest BCUT2D eigenvalue weighted by atomic mass is 32.1. The van der Waals surface area contributed by atoms with Crippen LogP contribution in [-0.4, -0.2) is 6.29 Å². The van der Waals surface area contributed by atoms with Crippen molar-refractivity contribution in [2.75, 3.05) is 0 Å². The Bertz CT molecular complexity index is 560. The van der Waals surface area contributed by atoms with E-state index in [1.54, 1.807) is 11.3 Å². The maximum absolute atomic E-state index is 10.8. The normalized spacial score (nSPS) is 13.8. The molecule has 0 saturated heterocycles. The summed E-state index contributed by atoms with van der Waals surface area (Å²) in [6.45, 7) is 8.71. The van der Waals surface area contributed by atoms with Crippen molar-refractivity contribution in [1.29, 1.82) is 0 Å². The number of fused-ring (bicyclic) bond motifs is 1. The van der Waals surface area contributed by atoms with Crippen LogP contribution >= 0.6 is 11.3 Å². The van der Waals surface area contributed by atoms with E-state index in [0.29, 0.717) is 0 Å². The fourth-order valence-corrected chi connectivity index (χ4v) is 3.28. The third-order valence-electron chi connectivity index (χ3n) is 3.28. The molecule has 2 aromatic rings. The lowest BCUT2D eigenvalue weighted by molar-refractivity contribution is -0.110. The fraction of sp³-hybridized carbons (Fsp3) is 0.438. The first kappa shape index (κ1) is 13.3. The summed E-state index contributed by atoms with van der Waals surface area (Å²) in [5, 5.41) is 3.50. The molecule has 96 valence electrons. The van der Waals surface area contributed by atoms with Gasteiger partial charge in [0.25, 0.3) is 0 Å². The molecule has 2 rings (SSSR count). The van der Waals surface area contributed by atoms with E-state index in [0.717, 1.165) is 12.7 Å². The van der Waals surface area contributed by atoms with Gasteiger partial charge < -0.3 is 4.79 Å². The van der Waals surface area contributed by atoms with E-state index in [2.05, 4.69) is 44.4 Å². The zero-order valence-electron chi connectivity index (χ0n) is 11.5. The third-order valence-corrected chi connectivity index (χ3v) is 4.27. The van der Waals surface area contributed by atoms with Crippen LogP contribution in [0.4, 0.5) is 0 Å². The second-order valence-corrected chi connectivity index (χ2v) is 6.92. The van der Waals surface area contributed by atoms with Crippen LogP contribution < -0.4 is 0 Å². The van der Waals surface area contributed by atoms with Crippen molar-refractivity contribution in [3.8, 4) is 0 Å². The summed E-state index contributed by atoms with van der Waals surface area (Å²) < 4.78 is 1.34. The number of carbonyl (C=O) groups is 1. The molecule has 1 unspecified atom stereocenters. The quantitative estimate of drug-likeness (QED) is 0.738. The number of aldehydes is 1. The molecule has 0 aliphatic carbocycles. The van der Waals surface area contributed by atoms with E-state index in [1.165, 1.54) is 21.2 Å². The molecule has 0 aliphatic heterocycles. The Hall–Kier alpha value is -1.15. The maximum Gasteiger partial charge on any atom is 0.123 e. The van der Waals surface area contributed by atoms with Gasteiger partial charge in [-0.25, -0.2) is 0 Å². The minimum absolute atomic E-state index is 0.0933. The standard InChI is InChI=1S/C16H20OS/c1-11(10-17)9-12-5-6-14(16(2,3)4)13-7-8-18-15(12)13/h5-8,10-11H,9H2,1-4H3. The zero-order valence-corrected chi connectivity index (χ0v) is 12.3. The molecule has 0 N–H and O–H groups in total. The highest BCUT2D eigenvalue weighted by molar-refractivity contribution is 7.17. The number of hydrogen-bond donors (Lipinski definition) is 0. The van der Waals surface area contributed by atoms with E-state index < -0.39 is 0 Å². The molecule has 1 aromatic heterocycles. The summed E-state index contributed by atoms with van der Waals surface area (Å²) in [6, 6.07) is 6.62. The van der Waals surface area contributed by atoms with Crippen molar-refractivity contribution in [3.05, 3.63) is 34.7 Å². The molecule has 18 heavy (non-hydrogen) atoms. The van der Waals surface area contributed by atoms with Gasteiger partial charge in [0.15, 0.2) is 0 Å². The van der Waals surface area contributed by atoms with Crippen LogP contribution in [0.2, 0.25) is 0 Å². The maximum atomic E-state index is 10.8. The Morgan fingerprint density at radius 1 is 1.28 bits per heavy atom. The smallest absolute Gasteiger partial charge is 0.123 e. The molecule has 1 atom stereocenters. The Labute approximate surface area is 113 Å². The minimum atomic E-state index is 0.0933. The molecular formula is C16H20OS. The average molecular weight is 260 g/mol. The fourth-order valence-electron chi connectivity index (χ4n) is 2.33. The molecule has 0 saturated carbocycles. The Morgan fingerprint density at radius 3 is 2.61 bits per heavy atom. The largest absolute Gasteiger partial charge is 0.303 e. The van der Waals surface area contributed by atoms with Gasteiger partial charge in [0.05, 0.1) is 0 Å². The first-order chi connectivity index (χ1) is 8.43. The Kier molecular flexibility index (Phi) is 3.58. The van der Waals surface area contributed by atoms with E-state index >= 15 is 0 Å². The van der Waals surface area contributed by atoms with Crippen molar-refractivity contribution in [2.45, 2.75) is 39.5 Å². The van der Waals surface area contributed by atoms with Gasteiger partial charge >= 0.3 is 0 Å². The van der Waals surface area contributed by atoms with Crippen LogP contribution in [0.25, 0.3) is 10.1 Å². The van der Waals surface area contributed by atoms with Gasteiger partial charge in [-0.3, -0.25) is 0 Å². The predicted molar refractivity (Wildman–Crippen MR) is 79.5 cm³/mol. The summed E-state index contributed by atoms with van der Waals surface area (Å²) in [5.74, 6) is 0.0933. The number of rotatable bonds is 3. The summed E-state index contributed by atoms with van der Waals surface area (Å²) in [4.78, 5) is 10.8. The monoisotopic (exact) mass is 260 g/mol. The van der Waals surface area contributed by atoms with Crippen molar-refractivity contribution in [2.24, 2.45) is 5.92 Å². The van der Waals surface area contributed by atoms with Gasteiger partial charge in [-0.15, -0.1) is 11.3 Å². The summed E-state index contributed by atoms with van der Waals surface area (Å²) >= 11 is 1.78. The summed E-state index contributed by atoms with van der Waals surface area (Å²) in [5.41, 5.74) is 2.85. The summed E-state index contributed by atoms with van der Waals surface area (Å²) in [7, 11) is 0. The third kappa shape index (κ3) is 2.49. The predicted octanol–water partition coefficient (Wildman–Crippen LogP) is 4.58. The van der Waals surface area contributed by atoms with E-state index in [1.807, 2.05) is 6.92 Å². The van der Waals surface area contributed by atoms with Crippen LogP contribution in [0.15, 0.2) is 23.6 Å². The number of hydrogen-bond acceptors (Lipinski definition) is 2. The van der Waals surface area contributed by atoms with Gasteiger partial charge in [-0.1, -0.05) is 39.8 Å². The Morgan fingerprint density at radius 2 is 2.00 bits per heavy atom. The topological polar surface area (TPSA) is 17.1 Å². The zero-order chi connectivity index (χ0) is 13.3. The second kappa shape index (κ2) is 4.85. The molecule has 0 bridgehead atoms. The highest BCUT2D eigenvalue weighted by Gasteiger charge is 2.19. The summed E-state index contributed by atoms with van der Waals surface area (Å²) in [6.07, 6.45) is 1.88. The first-order valence-corrected chi connectivity index (χ1v) is 7.26. The molecule has 0 fully saturated rings. The van der Waals surface area contributed by atoms with Crippen molar-refractivity contribution >= 4 is 27.7 Å². The molecule has 2 heteroatoms. The Balaban J connectivity index is 2.54. The van der Waals surface area contributed by atoms with Crippen LogP contribution in [0.3, 0.4) is 0 Å². The molecule has 0 spiro atoms. The van der Waals surface area contributed by atoms with Gasteiger partial charge in [0.1, 0.15) is 6.29 Å². The van der Waals surface area contributed by atoms with Crippen molar-refractivity contribution < 1.29 is 4.79 Å². The molecule has 0 aliphatic rings. The van der Waals surface area contributed by atoms with Crippen LogP contribution in [0, 0.1) is 5.92 Å². The van der Waals surface area contributed by atoms with Crippen LogP contribution in [0.1, 0.15) is 38.8 Å². The molecule has 1 nitrogen and oxygen atoms in total. The number of thiophene rings is 1. The van der Waals surface area contributed by atoms with Crippen LogP contribution in [-0.2, 0) is 16.6 Å². The number of benzene rings is 1. The number of carbonyl (C=O) groups excluding carboxylic acids is 1. The SMILES string of the molecule is CC(C=O)Cc1ccc(C(C)(C)C)c2ccsc12. The second-order valence-electron chi connectivity index (χ2n) is 6.00. The van der Waals surface area contributed by atoms with E-state index in [4.69, 9.17) is 0 Å². The van der Waals surface area contributed by atoms with E-state index in [9.17, 15) is 4.79 Å². The van der Waals surface area contributed by atoms with E-state index in [-0.39, 0.29) is 11.3 Å². The molecule has 1 aromatic carbocycles. The van der Waals surface area contributed by atoms with Crippen molar-refractivity contribution in [3.63, 3.8) is 0 Å². The first-order valence-electron chi connectivity index (χ1n) is 6.38. The van der Waals surface area contributed by atoms with Gasteiger partial charge in [-0.2, -0.15) is 0 Å². The lowest BCUT2D eigenvalue weighted by Crippen LogP contribution is -2.12. The average Bonchev–Trinajstić information content (AvgIpc) is 2.76. The molecule has 1 heterocycles. The molecular weight excluding hydrogens is 240 g/mol. The van der Waals surface area contributed by atoms with Crippen LogP contribution in [0.5, 0.6) is 0 Å². The molecule has 0 amide bonds.